The molecule has 2 aromatic carbocycles. The summed E-state index contributed by atoms with van der Waals surface area (Å²) in [5.41, 5.74) is 0.833. The van der Waals surface area contributed by atoms with Gasteiger partial charge in [0.1, 0.15) is 16.7 Å². The Labute approximate surface area is 158 Å². The lowest BCUT2D eigenvalue weighted by Gasteiger charge is -2.19. The molecule has 0 aliphatic heterocycles. The largest absolute Gasteiger partial charge is 0.492 e. The Balaban J connectivity index is 2.34. The minimum absolute atomic E-state index is 0.103. The first kappa shape index (κ1) is 20.2. The van der Waals surface area contributed by atoms with Crippen molar-refractivity contribution >= 4 is 27.5 Å². The van der Waals surface area contributed by atoms with E-state index in [0.717, 1.165) is 5.56 Å². The van der Waals surface area contributed by atoms with Crippen LogP contribution in [-0.2, 0) is 21.2 Å². The van der Waals surface area contributed by atoms with E-state index in [1.54, 1.807) is 13.0 Å². The third kappa shape index (κ3) is 5.20. The van der Waals surface area contributed by atoms with Gasteiger partial charge in [-0.1, -0.05) is 41.9 Å². The van der Waals surface area contributed by atoms with Crippen molar-refractivity contribution in [1.82, 2.24) is 10.0 Å². The zero-order chi connectivity index (χ0) is 19.2. The summed E-state index contributed by atoms with van der Waals surface area (Å²) in [4.78, 5) is 12.1. The third-order valence-electron chi connectivity index (χ3n) is 3.64. The molecule has 0 radical (unpaired) electrons. The van der Waals surface area contributed by atoms with Crippen molar-refractivity contribution in [2.75, 3.05) is 13.7 Å². The van der Waals surface area contributed by atoms with Crippen LogP contribution in [0.4, 0.5) is 0 Å². The van der Waals surface area contributed by atoms with E-state index in [-0.39, 0.29) is 22.1 Å². The molecule has 0 saturated carbocycles. The van der Waals surface area contributed by atoms with Crippen molar-refractivity contribution < 1.29 is 17.9 Å². The summed E-state index contributed by atoms with van der Waals surface area (Å²) in [6.45, 7) is 2.05. The van der Waals surface area contributed by atoms with Gasteiger partial charge in [0.2, 0.25) is 15.9 Å². The molecule has 0 spiro atoms. The number of carbonyl (C=O) groups is 1. The average Bonchev–Trinajstić information content (AvgIpc) is 2.62. The van der Waals surface area contributed by atoms with E-state index in [0.29, 0.717) is 6.61 Å². The van der Waals surface area contributed by atoms with E-state index in [4.69, 9.17) is 16.3 Å². The lowest BCUT2D eigenvalue weighted by molar-refractivity contribution is -0.122. The van der Waals surface area contributed by atoms with Gasteiger partial charge < -0.3 is 10.1 Å². The maximum Gasteiger partial charge on any atom is 0.245 e. The summed E-state index contributed by atoms with van der Waals surface area (Å²) in [7, 11) is -2.57. The fraction of sp³-hybridized carbons (Fsp3) is 0.278. The molecule has 2 aromatic rings. The molecule has 0 saturated heterocycles. The Morgan fingerprint density at radius 3 is 2.50 bits per heavy atom. The Kier molecular flexibility index (Phi) is 7.02. The Bertz CT molecular complexity index is 857. The lowest BCUT2D eigenvalue weighted by Crippen LogP contribution is -2.47. The number of carbonyl (C=O) groups excluding carboxylic acids is 1. The number of benzene rings is 2. The predicted octanol–water partition coefficient (Wildman–Crippen LogP) is 2.37. The second-order valence-electron chi connectivity index (χ2n) is 5.50. The molecule has 0 aliphatic carbocycles. The van der Waals surface area contributed by atoms with E-state index in [2.05, 4.69) is 10.0 Å². The number of amides is 1. The highest BCUT2D eigenvalue weighted by molar-refractivity contribution is 7.89. The Morgan fingerprint density at radius 2 is 1.88 bits per heavy atom. The van der Waals surface area contributed by atoms with Crippen molar-refractivity contribution in [1.29, 1.82) is 0 Å². The van der Waals surface area contributed by atoms with Gasteiger partial charge in [0.15, 0.2) is 0 Å². The van der Waals surface area contributed by atoms with E-state index in [9.17, 15) is 13.2 Å². The first-order valence-electron chi connectivity index (χ1n) is 8.07. The number of rotatable bonds is 8. The van der Waals surface area contributed by atoms with Gasteiger partial charge in [-0.3, -0.25) is 4.79 Å². The summed E-state index contributed by atoms with van der Waals surface area (Å²) < 4.78 is 33.6. The summed E-state index contributed by atoms with van der Waals surface area (Å²) in [5.74, 6) is -0.253. The maximum absolute atomic E-state index is 12.9. The normalized spacial score (nSPS) is 12.4. The minimum Gasteiger partial charge on any atom is -0.492 e. The number of hydrogen-bond donors (Lipinski definition) is 2. The Hall–Kier alpha value is -2.09. The molecular formula is C18H21ClN2O4S. The van der Waals surface area contributed by atoms with E-state index < -0.39 is 22.0 Å². The van der Waals surface area contributed by atoms with Crippen LogP contribution in [0.5, 0.6) is 5.75 Å². The topological polar surface area (TPSA) is 84.5 Å². The molecule has 6 nitrogen and oxygen atoms in total. The predicted molar refractivity (Wildman–Crippen MR) is 101 cm³/mol. The van der Waals surface area contributed by atoms with Gasteiger partial charge in [0.25, 0.3) is 0 Å². The highest BCUT2D eigenvalue weighted by Crippen LogP contribution is 2.27. The standard InChI is InChI=1S/C18H21ClN2O4S/c1-3-25-16-10-9-14(19)12-17(16)26(23,24)21-15(18(22)20-2)11-13-7-5-4-6-8-13/h4-10,12,15,21H,3,11H2,1-2H3,(H,20,22). The van der Waals surface area contributed by atoms with Crippen LogP contribution < -0.4 is 14.8 Å². The zero-order valence-electron chi connectivity index (χ0n) is 14.5. The first-order chi connectivity index (χ1) is 12.4. The number of nitrogens with one attached hydrogen (secondary N) is 2. The molecule has 1 unspecified atom stereocenters. The molecule has 140 valence electrons. The number of sulfonamides is 1. The average molecular weight is 397 g/mol. The molecule has 8 heteroatoms. The number of hydrogen-bond acceptors (Lipinski definition) is 4. The second kappa shape index (κ2) is 9.02. The molecule has 0 fully saturated rings. The van der Waals surface area contributed by atoms with Gasteiger partial charge in [-0.2, -0.15) is 4.72 Å². The summed E-state index contributed by atoms with van der Waals surface area (Å²) >= 11 is 5.95. The third-order valence-corrected chi connectivity index (χ3v) is 5.37. The summed E-state index contributed by atoms with van der Waals surface area (Å²) in [6.07, 6.45) is 0.213. The van der Waals surface area contributed by atoms with Crippen LogP contribution in [0, 0.1) is 0 Å². The van der Waals surface area contributed by atoms with Crippen LogP contribution in [-0.4, -0.2) is 34.0 Å². The van der Waals surface area contributed by atoms with E-state index in [1.807, 2.05) is 30.3 Å². The van der Waals surface area contributed by atoms with Crippen LogP contribution in [0.2, 0.25) is 5.02 Å². The van der Waals surface area contributed by atoms with Crippen LogP contribution in [0.1, 0.15) is 12.5 Å². The van der Waals surface area contributed by atoms with Gasteiger partial charge >= 0.3 is 0 Å². The fourth-order valence-corrected chi connectivity index (χ4v) is 4.03. The van der Waals surface area contributed by atoms with Crippen molar-refractivity contribution in [3.05, 3.63) is 59.1 Å². The highest BCUT2D eigenvalue weighted by atomic mass is 35.5. The van der Waals surface area contributed by atoms with Crippen LogP contribution in [0.3, 0.4) is 0 Å². The number of likely N-dealkylation sites (N-methyl/N-ethyl adjacent to an activating group) is 1. The summed E-state index contributed by atoms with van der Waals surface area (Å²) in [5, 5.41) is 2.75. The smallest absolute Gasteiger partial charge is 0.245 e. The van der Waals surface area contributed by atoms with Gasteiger partial charge in [0.05, 0.1) is 6.61 Å². The summed E-state index contributed by atoms with van der Waals surface area (Å²) in [6, 6.07) is 12.5. The van der Waals surface area contributed by atoms with E-state index >= 15 is 0 Å². The second-order valence-corrected chi connectivity index (χ2v) is 7.62. The van der Waals surface area contributed by atoms with Gasteiger partial charge in [-0.25, -0.2) is 8.42 Å². The SMILES string of the molecule is CCOc1ccc(Cl)cc1S(=O)(=O)NC(Cc1ccccc1)C(=O)NC. The molecule has 2 rings (SSSR count). The molecule has 0 aliphatic rings. The van der Waals surface area contributed by atoms with Gasteiger partial charge in [-0.05, 0) is 37.1 Å². The number of ether oxygens (including phenoxy) is 1. The zero-order valence-corrected chi connectivity index (χ0v) is 16.1. The molecule has 0 bridgehead atoms. The minimum atomic E-state index is -4.03. The number of halogens is 1. The molecule has 2 N–H and O–H groups in total. The maximum atomic E-state index is 12.9. The molecular weight excluding hydrogens is 376 g/mol. The van der Waals surface area contributed by atoms with E-state index in [1.165, 1.54) is 19.2 Å². The monoisotopic (exact) mass is 396 g/mol. The van der Waals surface area contributed by atoms with Gasteiger partial charge in [0, 0.05) is 12.1 Å². The molecule has 1 amide bonds. The van der Waals surface area contributed by atoms with Gasteiger partial charge in [-0.15, -0.1) is 0 Å². The molecule has 0 aromatic heterocycles. The molecule has 0 heterocycles. The fourth-order valence-electron chi connectivity index (χ4n) is 2.43. The van der Waals surface area contributed by atoms with Crippen LogP contribution >= 0.6 is 11.6 Å². The van der Waals surface area contributed by atoms with Crippen LogP contribution in [0.15, 0.2) is 53.4 Å². The van der Waals surface area contributed by atoms with Crippen molar-refractivity contribution in [2.24, 2.45) is 0 Å². The van der Waals surface area contributed by atoms with Crippen LogP contribution in [0.25, 0.3) is 0 Å². The molecule has 26 heavy (non-hydrogen) atoms. The quantitative estimate of drug-likeness (QED) is 0.717. The van der Waals surface area contributed by atoms with Crippen molar-refractivity contribution in [3.8, 4) is 5.75 Å². The highest BCUT2D eigenvalue weighted by Gasteiger charge is 2.28. The Morgan fingerprint density at radius 1 is 1.19 bits per heavy atom. The lowest BCUT2D eigenvalue weighted by atomic mass is 10.1. The first-order valence-corrected chi connectivity index (χ1v) is 9.93. The van der Waals surface area contributed by atoms with Crippen molar-refractivity contribution in [3.63, 3.8) is 0 Å². The van der Waals surface area contributed by atoms with Crippen molar-refractivity contribution in [2.45, 2.75) is 24.3 Å². The molecule has 1 atom stereocenters.